The molecule has 0 spiro atoms. The fourth-order valence-corrected chi connectivity index (χ4v) is 2.60. The predicted octanol–water partition coefficient (Wildman–Crippen LogP) is 2.73. The standard InChI is InChI=1S/C16H23NO3/c1-10(2)8-15(19)12-4-5-16-13(9-12)14(6-7-20-16)17-11(3)18/h4-5,9-10,14-15,19H,6-8H2,1-3H3,(H,17,18). The zero-order valence-corrected chi connectivity index (χ0v) is 12.3. The summed E-state index contributed by atoms with van der Waals surface area (Å²) in [5.74, 6) is 1.19. The van der Waals surface area contributed by atoms with E-state index >= 15 is 0 Å². The molecule has 0 radical (unpaired) electrons. The van der Waals surface area contributed by atoms with Crippen LogP contribution in [0, 0.1) is 5.92 Å². The highest BCUT2D eigenvalue weighted by Crippen LogP contribution is 2.35. The first-order valence-corrected chi connectivity index (χ1v) is 7.19. The second-order valence-electron chi connectivity index (χ2n) is 5.83. The SMILES string of the molecule is CC(=O)NC1CCOc2ccc(C(O)CC(C)C)cc21. The molecule has 1 aliphatic heterocycles. The van der Waals surface area contributed by atoms with E-state index < -0.39 is 6.10 Å². The molecule has 4 heteroatoms. The van der Waals surface area contributed by atoms with Crippen molar-refractivity contribution in [1.29, 1.82) is 0 Å². The molecule has 0 saturated heterocycles. The Morgan fingerprint density at radius 3 is 2.90 bits per heavy atom. The third-order valence-electron chi connectivity index (χ3n) is 3.53. The van der Waals surface area contributed by atoms with Crippen molar-refractivity contribution in [3.05, 3.63) is 29.3 Å². The van der Waals surface area contributed by atoms with Crippen LogP contribution in [0.2, 0.25) is 0 Å². The normalized spacial score (nSPS) is 19.1. The van der Waals surface area contributed by atoms with E-state index in [-0.39, 0.29) is 11.9 Å². The number of hydrogen-bond donors (Lipinski definition) is 2. The summed E-state index contributed by atoms with van der Waals surface area (Å²) in [5.41, 5.74) is 1.85. The Morgan fingerprint density at radius 1 is 1.50 bits per heavy atom. The average Bonchev–Trinajstić information content (AvgIpc) is 2.37. The smallest absolute Gasteiger partial charge is 0.217 e. The fourth-order valence-electron chi connectivity index (χ4n) is 2.60. The van der Waals surface area contributed by atoms with E-state index in [0.717, 1.165) is 29.7 Å². The van der Waals surface area contributed by atoms with E-state index in [2.05, 4.69) is 19.2 Å². The van der Waals surface area contributed by atoms with E-state index in [4.69, 9.17) is 4.74 Å². The highest BCUT2D eigenvalue weighted by Gasteiger charge is 2.23. The minimum absolute atomic E-state index is 0.0255. The molecule has 20 heavy (non-hydrogen) atoms. The number of nitrogens with one attached hydrogen (secondary N) is 1. The summed E-state index contributed by atoms with van der Waals surface area (Å²) in [5, 5.41) is 13.2. The molecule has 2 N–H and O–H groups in total. The highest BCUT2D eigenvalue weighted by molar-refractivity contribution is 5.73. The summed E-state index contributed by atoms with van der Waals surface area (Å²) < 4.78 is 5.62. The van der Waals surface area contributed by atoms with Crippen molar-refractivity contribution < 1.29 is 14.6 Å². The van der Waals surface area contributed by atoms with Crippen LogP contribution >= 0.6 is 0 Å². The molecular weight excluding hydrogens is 254 g/mol. The third kappa shape index (κ3) is 3.51. The number of aliphatic hydroxyl groups excluding tert-OH is 1. The quantitative estimate of drug-likeness (QED) is 0.889. The topological polar surface area (TPSA) is 58.6 Å². The Balaban J connectivity index is 2.25. The highest BCUT2D eigenvalue weighted by atomic mass is 16.5. The van der Waals surface area contributed by atoms with Crippen molar-refractivity contribution in [3.63, 3.8) is 0 Å². The van der Waals surface area contributed by atoms with Crippen LogP contribution in [0.4, 0.5) is 0 Å². The Labute approximate surface area is 120 Å². The second-order valence-corrected chi connectivity index (χ2v) is 5.83. The van der Waals surface area contributed by atoms with E-state index in [1.165, 1.54) is 6.92 Å². The molecule has 110 valence electrons. The van der Waals surface area contributed by atoms with Crippen molar-refractivity contribution in [2.75, 3.05) is 6.61 Å². The Morgan fingerprint density at radius 2 is 2.25 bits per heavy atom. The Bertz CT molecular complexity index is 485. The number of fused-ring (bicyclic) bond motifs is 1. The first kappa shape index (κ1) is 14.9. The van der Waals surface area contributed by atoms with Gasteiger partial charge in [0.1, 0.15) is 5.75 Å². The van der Waals surface area contributed by atoms with Gasteiger partial charge < -0.3 is 15.2 Å². The summed E-state index contributed by atoms with van der Waals surface area (Å²) in [6, 6.07) is 5.73. The number of amides is 1. The van der Waals surface area contributed by atoms with E-state index in [9.17, 15) is 9.90 Å². The summed E-state index contributed by atoms with van der Waals surface area (Å²) in [4.78, 5) is 11.3. The summed E-state index contributed by atoms with van der Waals surface area (Å²) in [7, 11) is 0. The lowest BCUT2D eigenvalue weighted by atomic mass is 9.93. The minimum Gasteiger partial charge on any atom is -0.493 e. The van der Waals surface area contributed by atoms with Gasteiger partial charge >= 0.3 is 0 Å². The van der Waals surface area contributed by atoms with Crippen LogP contribution in [0.3, 0.4) is 0 Å². The van der Waals surface area contributed by atoms with Crippen LogP contribution in [-0.4, -0.2) is 17.6 Å². The van der Waals surface area contributed by atoms with Gasteiger partial charge in [0.25, 0.3) is 0 Å². The molecular formula is C16H23NO3. The first-order valence-electron chi connectivity index (χ1n) is 7.19. The lowest BCUT2D eigenvalue weighted by Crippen LogP contribution is -2.30. The van der Waals surface area contributed by atoms with Crippen molar-refractivity contribution in [2.45, 2.75) is 45.8 Å². The number of carbonyl (C=O) groups excluding carboxylic acids is 1. The second kappa shape index (κ2) is 6.27. The maximum atomic E-state index is 11.3. The molecule has 1 aliphatic rings. The van der Waals surface area contributed by atoms with Crippen LogP contribution in [0.25, 0.3) is 0 Å². The summed E-state index contributed by atoms with van der Waals surface area (Å²) in [6.45, 7) is 6.30. The van der Waals surface area contributed by atoms with Gasteiger partial charge in [0.2, 0.25) is 5.91 Å². The van der Waals surface area contributed by atoms with Crippen LogP contribution in [0.15, 0.2) is 18.2 Å². The number of rotatable bonds is 4. The van der Waals surface area contributed by atoms with Gasteiger partial charge in [-0.05, 0) is 30.0 Å². The maximum Gasteiger partial charge on any atom is 0.217 e. The fraction of sp³-hybridized carbons (Fsp3) is 0.562. The molecule has 2 atom stereocenters. The first-order chi connectivity index (χ1) is 9.47. The molecule has 0 saturated carbocycles. The zero-order chi connectivity index (χ0) is 14.7. The lowest BCUT2D eigenvalue weighted by Gasteiger charge is -2.27. The molecule has 1 heterocycles. The molecule has 1 amide bonds. The van der Waals surface area contributed by atoms with Crippen molar-refractivity contribution in [1.82, 2.24) is 5.32 Å². The van der Waals surface area contributed by atoms with Crippen LogP contribution < -0.4 is 10.1 Å². The van der Waals surface area contributed by atoms with Gasteiger partial charge in [0.05, 0.1) is 18.8 Å². The third-order valence-corrected chi connectivity index (χ3v) is 3.53. The lowest BCUT2D eigenvalue weighted by molar-refractivity contribution is -0.119. The largest absolute Gasteiger partial charge is 0.493 e. The number of ether oxygens (including phenoxy) is 1. The van der Waals surface area contributed by atoms with Gasteiger partial charge in [0, 0.05) is 18.9 Å². The molecule has 4 nitrogen and oxygen atoms in total. The molecule has 0 fully saturated rings. The average molecular weight is 277 g/mol. The van der Waals surface area contributed by atoms with E-state index in [0.29, 0.717) is 12.5 Å². The Kier molecular flexibility index (Phi) is 4.65. The molecule has 0 aliphatic carbocycles. The van der Waals surface area contributed by atoms with E-state index in [1.807, 2.05) is 18.2 Å². The molecule has 2 rings (SSSR count). The number of carbonyl (C=O) groups is 1. The molecule has 0 aromatic heterocycles. The number of hydrogen-bond acceptors (Lipinski definition) is 3. The summed E-state index contributed by atoms with van der Waals surface area (Å²) in [6.07, 6.45) is 1.01. The van der Waals surface area contributed by atoms with E-state index in [1.54, 1.807) is 0 Å². The van der Waals surface area contributed by atoms with Gasteiger partial charge in [-0.1, -0.05) is 19.9 Å². The summed E-state index contributed by atoms with van der Waals surface area (Å²) >= 11 is 0. The molecule has 0 bridgehead atoms. The van der Waals surface area contributed by atoms with Crippen LogP contribution in [0.1, 0.15) is 56.9 Å². The number of benzene rings is 1. The van der Waals surface area contributed by atoms with Gasteiger partial charge in [-0.2, -0.15) is 0 Å². The Hall–Kier alpha value is -1.55. The van der Waals surface area contributed by atoms with Crippen LogP contribution in [0.5, 0.6) is 5.75 Å². The maximum absolute atomic E-state index is 11.3. The van der Waals surface area contributed by atoms with Gasteiger partial charge in [0.15, 0.2) is 0 Å². The van der Waals surface area contributed by atoms with Gasteiger partial charge in [-0.25, -0.2) is 0 Å². The van der Waals surface area contributed by atoms with Gasteiger partial charge in [-0.3, -0.25) is 4.79 Å². The number of aliphatic hydroxyl groups is 1. The van der Waals surface area contributed by atoms with Crippen LogP contribution in [-0.2, 0) is 4.79 Å². The minimum atomic E-state index is -0.472. The molecule has 2 unspecified atom stereocenters. The predicted molar refractivity (Wildman–Crippen MR) is 77.5 cm³/mol. The zero-order valence-electron chi connectivity index (χ0n) is 12.3. The van der Waals surface area contributed by atoms with Gasteiger partial charge in [-0.15, -0.1) is 0 Å². The monoisotopic (exact) mass is 277 g/mol. The molecule has 1 aromatic carbocycles. The van der Waals surface area contributed by atoms with Crippen molar-refractivity contribution in [2.24, 2.45) is 5.92 Å². The van der Waals surface area contributed by atoms with Crippen molar-refractivity contribution >= 4 is 5.91 Å². The molecule has 1 aromatic rings. The van der Waals surface area contributed by atoms with Crippen molar-refractivity contribution in [3.8, 4) is 5.75 Å².